The number of hydrogen-bond donors (Lipinski definition) is 1. The monoisotopic (exact) mass is 273 g/mol. The van der Waals surface area contributed by atoms with Gasteiger partial charge in [-0.05, 0) is 43.1 Å². The lowest BCUT2D eigenvalue weighted by Crippen LogP contribution is -2.53. The average molecular weight is 273 g/mol. The van der Waals surface area contributed by atoms with Gasteiger partial charge >= 0.3 is 5.97 Å². The largest absolute Gasteiger partial charge is 0.481 e. The SMILES string of the molecule is O=C(O)CC1CN(C2CCC(c3ccccc3)CC2)C1. The van der Waals surface area contributed by atoms with Crippen LogP contribution in [-0.2, 0) is 4.79 Å². The first kappa shape index (κ1) is 13.6. The van der Waals surface area contributed by atoms with Crippen molar-refractivity contribution in [3.05, 3.63) is 35.9 Å². The van der Waals surface area contributed by atoms with Gasteiger partial charge in [0.05, 0.1) is 6.42 Å². The molecule has 2 aliphatic rings. The Morgan fingerprint density at radius 2 is 1.75 bits per heavy atom. The first-order valence-corrected chi connectivity index (χ1v) is 7.73. The number of nitrogens with zero attached hydrogens (tertiary/aromatic N) is 1. The van der Waals surface area contributed by atoms with E-state index >= 15 is 0 Å². The van der Waals surface area contributed by atoms with Crippen molar-refractivity contribution < 1.29 is 9.90 Å². The molecule has 1 aromatic carbocycles. The van der Waals surface area contributed by atoms with Crippen molar-refractivity contribution in [1.29, 1.82) is 0 Å². The fourth-order valence-electron chi connectivity index (χ4n) is 3.78. The van der Waals surface area contributed by atoms with E-state index in [0.29, 0.717) is 18.4 Å². The Kier molecular flexibility index (Phi) is 4.06. The molecule has 108 valence electrons. The highest BCUT2D eigenvalue weighted by Gasteiger charge is 2.35. The van der Waals surface area contributed by atoms with Crippen LogP contribution < -0.4 is 0 Å². The fourth-order valence-corrected chi connectivity index (χ4v) is 3.78. The predicted octanol–water partition coefficient (Wildman–Crippen LogP) is 3.12. The van der Waals surface area contributed by atoms with Crippen LogP contribution in [0.1, 0.15) is 43.6 Å². The maximum absolute atomic E-state index is 10.7. The highest BCUT2D eigenvalue weighted by atomic mass is 16.4. The molecule has 20 heavy (non-hydrogen) atoms. The molecule has 1 saturated carbocycles. The van der Waals surface area contributed by atoms with E-state index in [0.717, 1.165) is 19.0 Å². The van der Waals surface area contributed by atoms with E-state index < -0.39 is 5.97 Å². The van der Waals surface area contributed by atoms with Crippen LogP contribution in [0.15, 0.2) is 30.3 Å². The minimum Gasteiger partial charge on any atom is -0.481 e. The van der Waals surface area contributed by atoms with Gasteiger partial charge in [-0.3, -0.25) is 9.69 Å². The molecule has 0 amide bonds. The molecule has 0 unspecified atom stereocenters. The molecule has 0 bridgehead atoms. The summed E-state index contributed by atoms with van der Waals surface area (Å²) < 4.78 is 0. The first-order valence-electron chi connectivity index (χ1n) is 7.73. The van der Waals surface area contributed by atoms with E-state index in [4.69, 9.17) is 5.11 Å². The molecule has 1 saturated heterocycles. The van der Waals surface area contributed by atoms with Crippen molar-refractivity contribution in [3.63, 3.8) is 0 Å². The summed E-state index contributed by atoms with van der Waals surface area (Å²) in [6, 6.07) is 11.5. The van der Waals surface area contributed by atoms with Crippen molar-refractivity contribution in [2.24, 2.45) is 5.92 Å². The van der Waals surface area contributed by atoms with Gasteiger partial charge in [-0.25, -0.2) is 0 Å². The number of carboxylic acids is 1. The van der Waals surface area contributed by atoms with Gasteiger partial charge in [0, 0.05) is 19.1 Å². The molecule has 0 aromatic heterocycles. The topological polar surface area (TPSA) is 40.5 Å². The van der Waals surface area contributed by atoms with Crippen LogP contribution in [0.25, 0.3) is 0 Å². The summed E-state index contributed by atoms with van der Waals surface area (Å²) in [6.07, 6.45) is 5.41. The van der Waals surface area contributed by atoms with Crippen LogP contribution in [0.4, 0.5) is 0 Å². The van der Waals surface area contributed by atoms with Crippen molar-refractivity contribution >= 4 is 5.97 Å². The predicted molar refractivity (Wildman–Crippen MR) is 78.8 cm³/mol. The Hall–Kier alpha value is -1.35. The zero-order valence-electron chi connectivity index (χ0n) is 11.9. The maximum atomic E-state index is 10.7. The number of hydrogen-bond acceptors (Lipinski definition) is 2. The molecular formula is C17H23NO2. The van der Waals surface area contributed by atoms with Gasteiger partial charge < -0.3 is 5.11 Å². The van der Waals surface area contributed by atoms with E-state index in [9.17, 15) is 4.79 Å². The minimum absolute atomic E-state index is 0.343. The molecule has 1 N–H and O–H groups in total. The smallest absolute Gasteiger partial charge is 0.303 e. The summed E-state index contributed by atoms with van der Waals surface area (Å²) >= 11 is 0. The number of aliphatic carboxylic acids is 1. The maximum Gasteiger partial charge on any atom is 0.303 e. The van der Waals surface area contributed by atoms with Crippen LogP contribution in [0, 0.1) is 5.92 Å². The molecule has 1 aliphatic heterocycles. The first-order chi connectivity index (χ1) is 9.72. The van der Waals surface area contributed by atoms with Crippen LogP contribution in [0.2, 0.25) is 0 Å². The Labute approximate surface area is 120 Å². The average Bonchev–Trinajstić information content (AvgIpc) is 2.43. The van der Waals surface area contributed by atoms with Gasteiger partial charge in [0.2, 0.25) is 0 Å². The summed E-state index contributed by atoms with van der Waals surface area (Å²) in [6.45, 7) is 1.99. The van der Waals surface area contributed by atoms with E-state index in [2.05, 4.69) is 35.2 Å². The molecule has 3 heteroatoms. The van der Waals surface area contributed by atoms with Gasteiger partial charge in [-0.15, -0.1) is 0 Å². The zero-order valence-corrected chi connectivity index (χ0v) is 11.9. The Balaban J connectivity index is 1.45. The molecule has 0 spiro atoms. The second-order valence-electron chi connectivity index (χ2n) is 6.33. The molecule has 2 fully saturated rings. The van der Waals surface area contributed by atoms with Crippen molar-refractivity contribution in [3.8, 4) is 0 Å². The standard InChI is InChI=1S/C17H23NO2/c19-17(20)10-13-11-18(12-13)16-8-6-15(7-9-16)14-4-2-1-3-5-14/h1-5,13,15-16H,6-12H2,(H,19,20). The van der Waals surface area contributed by atoms with Gasteiger partial charge in [0.15, 0.2) is 0 Å². The summed E-state index contributed by atoms with van der Waals surface area (Å²) in [5.41, 5.74) is 1.48. The van der Waals surface area contributed by atoms with Gasteiger partial charge in [-0.1, -0.05) is 30.3 Å². The Morgan fingerprint density at radius 1 is 1.10 bits per heavy atom. The van der Waals surface area contributed by atoms with Gasteiger partial charge in [-0.2, -0.15) is 0 Å². The third-order valence-corrected chi connectivity index (χ3v) is 4.93. The molecule has 1 aromatic rings. The summed E-state index contributed by atoms with van der Waals surface area (Å²) in [5.74, 6) is 0.463. The number of rotatable bonds is 4. The molecule has 3 nitrogen and oxygen atoms in total. The lowest BCUT2D eigenvalue weighted by Gasteiger charge is -2.46. The number of benzene rings is 1. The quantitative estimate of drug-likeness (QED) is 0.916. The number of carbonyl (C=O) groups is 1. The molecule has 3 rings (SSSR count). The second kappa shape index (κ2) is 5.96. The third-order valence-electron chi connectivity index (χ3n) is 4.93. The van der Waals surface area contributed by atoms with Crippen LogP contribution in [0.3, 0.4) is 0 Å². The van der Waals surface area contributed by atoms with Gasteiger partial charge in [0.25, 0.3) is 0 Å². The number of carboxylic acid groups (broad SMARTS) is 1. The third kappa shape index (κ3) is 3.04. The summed E-state index contributed by atoms with van der Waals surface area (Å²) in [5, 5.41) is 8.79. The highest BCUT2D eigenvalue weighted by Crippen LogP contribution is 2.37. The minimum atomic E-state index is -0.651. The number of likely N-dealkylation sites (tertiary alicyclic amines) is 1. The van der Waals surface area contributed by atoms with Crippen LogP contribution >= 0.6 is 0 Å². The van der Waals surface area contributed by atoms with Crippen molar-refractivity contribution in [2.75, 3.05) is 13.1 Å². The lowest BCUT2D eigenvalue weighted by atomic mass is 9.79. The Bertz CT molecular complexity index is 445. The highest BCUT2D eigenvalue weighted by molar-refractivity contribution is 5.67. The zero-order chi connectivity index (χ0) is 13.9. The molecule has 0 radical (unpaired) electrons. The molecule has 1 aliphatic carbocycles. The summed E-state index contributed by atoms with van der Waals surface area (Å²) in [4.78, 5) is 13.2. The fraction of sp³-hybridized carbons (Fsp3) is 0.588. The Morgan fingerprint density at radius 3 is 2.35 bits per heavy atom. The summed E-state index contributed by atoms with van der Waals surface area (Å²) in [7, 11) is 0. The van der Waals surface area contributed by atoms with E-state index in [1.54, 1.807) is 0 Å². The second-order valence-corrected chi connectivity index (χ2v) is 6.33. The normalized spacial score (nSPS) is 28.0. The van der Waals surface area contributed by atoms with Crippen LogP contribution in [0.5, 0.6) is 0 Å². The van der Waals surface area contributed by atoms with Crippen LogP contribution in [-0.4, -0.2) is 35.1 Å². The van der Waals surface area contributed by atoms with E-state index in [-0.39, 0.29) is 0 Å². The van der Waals surface area contributed by atoms with Crippen molar-refractivity contribution in [2.45, 2.75) is 44.1 Å². The molecule has 1 heterocycles. The van der Waals surface area contributed by atoms with E-state index in [1.807, 2.05) is 0 Å². The lowest BCUT2D eigenvalue weighted by molar-refractivity contribution is -0.140. The van der Waals surface area contributed by atoms with Gasteiger partial charge in [0.1, 0.15) is 0 Å². The van der Waals surface area contributed by atoms with E-state index in [1.165, 1.54) is 31.2 Å². The van der Waals surface area contributed by atoms with Crippen molar-refractivity contribution in [1.82, 2.24) is 4.90 Å². The molecule has 0 atom stereocenters. The molecular weight excluding hydrogens is 250 g/mol.